The maximum absolute atomic E-state index is 12.1. The zero-order valence-electron chi connectivity index (χ0n) is 11.0. The third-order valence-corrected chi connectivity index (χ3v) is 5.17. The fourth-order valence-corrected chi connectivity index (χ4v) is 5.00. The molecule has 102 valence electrons. The standard InChI is InChI=1S/C15H20N2O2/c18-14(16-13-2-1-3-19-13)17-15-7-10-4-11(8-15)6-12(5-10)9-15/h1-3,10-12H,4-9H2,(H2,16,17,18). The zero-order chi connectivity index (χ0) is 12.9. The van der Waals surface area contributed by atoms with Gasteiger partial charge in [0.2, 0.25) is 5.88 Å². The first-order valence-electron chi connectivity index (χ1n) is 7.33. The zero-order valence-corrected chi connectivity index (χ0v) is 11.0. The van der Waals surface area contributed by atoms with Crippen LogP contribution in [0.4, 0.5) is 10.7 Å². The van der Waals surface area contributed by atoms with E-state index < -0.39 is 0 Å². The van der Waals surface area contributed by atoms with Crippen molar-refractivity contribution in [1.82, 2.24) is 5.32 Å². The average molecular weight is 260 g/mol. The summed E-state index contributed by atoms with van der Waals surface area (Å²) in [6.45, 7) is 0. The predicted octanol–water partition coefficient (Wildman–Crippen LogP) is 3.37. The molecule has 4 aliphatic rings. The van der Waals surface area contributed by atoms with Crippen molar-refractivity contribution in [3.05, 3.63) is 18.4 Å². The van der Waals surface area contributed by atoms with Crippen molar-refractivity contribution in [1.29, 1.82) is 0 Å². The third-order valence-electron chi connectivity index (χ3n) is 5.17. The number of hydrogen-bond donors (Lipinski definition) is 2. The second-order valence-electron chi connectivity index (χ2n) is 6.75. The predicted molar refractivity (Wildman–Crippen MR) is 71.8 cm³/mol. The van der Waals surface area contributed by atoms with E-state index in [4.69, 9.17) is 4.42 Å². The van der Waals surface area contributed by atoms with Crippen LogP contribution in [-0.4, -0.2) is 11.6 Å². The van der Waals surface area contributed by atoms with Gasteiger partial charge in [-0.2, -0.15) is 0 Å². The smallest absolute Gasteiger partial charge is 0.322 e. The maximum atomic E-state index is 12.1. The molecular formula is C15H20N2O2. The molecule has 4 bridgehead atoms. The summed E-state index contributed by atoms with van der Waals surface area (Å²) < 4.78 is 5.15. The topological polar surface area (TPSA) is 54.3 Å². The molecule has 5 rings (SSSR count). The summed E-state index contributed by atoms with van der Waals surface area (Å²) in [4.78, 5) is 12.1. The highest BCUT2D eigenvalue weighted by molar-refractivity contribution is 5.88. The van der Waals surface area contributed by atoms with E-state index in [-0.39, 0.29) is 11.6 Å². The molecule has 0 saturated heterocycles. The van der Waals surface area contributed by atoms with Crippen molar-refractivity contribution < 1.29 is 9.21 Å². The lowest BCUT2D eigenvalue weighted by molar-refractivity contribution is -0.0127. The van der Waals surface area contributed by atoms with Gasteiger partial charge >= 0.3 is 6.03 Å². The van der Waals surface area contributed by atoms with E-state index in [0.717, 1.165) is 17.8 Å². The highest BCUT2D eigenvalue weighted by atomic mass is 16.3. The van der Waals surface area contributed by atoms with Crippen LogP contribution in [0.3, 0.4) is 0 Å². The van der Waals surface area contributed by atoms with Gasteiger partial charge in [-0.25, -0.2) is 4.79 Å². The Hall–Kier alpha value is -1.45. The van der Waals surface area contributed by atoms with Crippen molar-refractivity contribution in [2.45, 2.75) is 44.1 Å². The van der Waals surface area contributed by atoms with Gasteiger partial charge in [0, 0.05) is 11.6 Å². The Morgan fingerprint density at radius 3 is 2.32 bits per heavy atom. The average Bonchev–Trinajstić information content (AvgIpc) is 2.78. The molecule has 4 aliphatic carbocycles. The Morgan fingerprint density at radius 1 is 1.16 bits per heavy atom. The van der Waals surface area contributed by atoms with E-state index in [2.05, 4.69) is 10.6 Å². The summed E-state index contributed by atoms with van der Waals surface area (Å²) in [6, 6.07) is 3.43. The van der Waals surface area contributed by atoms with Crippen molar-refractivity contribution in [2.75, 3.05) is 5.32 Å². The van der Waals surface area contributed by atoms with Gasteiger partial charge in [-0.15, -0.1) is 0 Å². The van der Waals surface area contributed by atoms with Crippen LogP contribution in [0.1, 0.15) is 38.5 Å². The summed E-state index contributed by atoms with van der Waals surface area (Å²) in [6.07, 6.45) is 9.25. The lowest BCUT2D eigenvalue weighted by Gasteiger charge is -2.56. The number of nitrogens with one attached hydrogen (secondary N) is 2. The van der Waals surface area contributed by atoms with Crippen LogP contribution >= 0.6 is 0 Å². The molecule has 4 heteroatoms. The monoisotopic (exact) mass is 260 g/mol. The third kappa shape index (κ3) is 2.03. The molecule has 0 aromatic carbocycles. The molecule has 0 unspecified atom stereocenters. The van der Waals surface area contributed by atoms with E-state index in [0.29, 0.717) is 5.88 Å². The number of hydrogen-bond acceptors (Lipinski definition) is 2. The highest BCUT2D eigenvalue weighted by Gasteiger charge is 2.51. The first-order valence-corrected chi connectivity index (χ1v) is 7.33. The molecule has 1 aromatic heterocycles. The molecule has 2 amide bonds. The molecule has 4 saturated carbocycles. The number of urea groups is 1. The van der Waals surface area contributed by atoms with Gasteiger partial charge in [0.15, 0.2) is 0 Å². The second-order valence-corrected chi connectivity index (χ2v) is 6.75. The summed E-state index contributed by atoms with van der Waals surface area (Å²) in [7, 11) is 0. The molecule has 4 nitrogen and oxygen atoms in total. The van der Waals surface area contributed by atoms with Gasteiger partial charge < -0.3 is 9.73 Å². The van der Waals surface area contributed by atoms with Crippen LogP contribution in [-0.2, 0) is 0 Å². The molecule has 0 radical (unpaired) electrons. The number of carbonyl (C=O) groups is 1. The Bertz CT molecular complexity index is 445. The summed E-state index contributed by atoms with van der Waals surface area (Å²) in [5, 5.41) is 6.03. The Morgan fingerprint density at radius 2 is 1.79 bits per heavy atom. The maximum Gasteiger partial charge on any atom is 0.322 e. The number of anilines is 1. The van der Waals surface area contributed by atoms with Gasteiger partial charge in [0.1, 0.15) is 0 Å². The number of carbonyl (C=O) groups excluding carboxylic acids is 1. The summed E-state index contributed by atoms with van der Waals surface area (Å²) in [5.41, 5.74) is 0.0609. The van der Waals surface area contributed by atoms with Crippen molar-refractivity contribution in [2.24, 2.45) is 17.8 Å². The lowest BCUT2D eigenvalue weighted by Crippen LogP contribution is -2.60. The number of amides is 2. The van der Waals surface area contributed by atoms with Gasteiger partial charge in [-0.05, 0) is 62.3 Å². The molecule has 0 aliphatic heterocycles. The van der Waals surface area contributed by atoms with Crippen LogP contribution in [0.15, 0.2) is 22.8 Å². The van der Waals surface area contributed by atoms with Crippen LogP contribution in [0, 0.1) is 17.8 Å². The molecule has 4 fully saturated rings. The van der Waals surface area contributed by atoms with Gasteiger partial charge in [0.25, 0.3) is 0 Å². The minimum Gasteiger partial charge on any atom is -0.449 e. The number of furan rings is 1. The minimum absolute atomic E-state index is 0.0609. The van der Waals surface area contributed by atoms with E-state index in [1.807, 2.05) is 0 Å². The van der Waals surface area contributed by atoms with Crippen LogP contribution in [0.5, 0.6) is 0 Å². The Labute approximate surface area is 112 Å². The molecule has 2 N–H and O–H groups in total. The summed E-state index contributed by atoms with van der Waals surface area (Å²) >= 11 is 0. The van der Waals surface area contributed by atoms with E-state index in [1.54, 1.807) is 18.4 Å². The quantitative estimate of drug-likeness (QED) is 0.856. The molecular weight excluding hydrogens is 240 g/mol. The second kappa shape index (κ2) is 4.02. The molecule has 19 heavy (non-hydrogen) atoms. The summed E-state index contributed by atoms with van der Waals surface area (Å²) in [5.74, 6) is 3.04. The van der Waals surface area contributed by atoms with E-state index >= 15 is 0 Å². The number of rotatable bonds is 2. The first-order chi connectivity index (χ1) is 9.21. The van der Waals surface area contributed by atoms with Crippen molar-refractivity contribution in [3.63, 3.8) is 0 Å². The van der Waals surface area contributed by atoms with Crippen LogP contribution in [0.25, 0.3) is 0 Å². The van der Waals surface area contributed by atoms with E-state index in [1.165, 1.54) is 38.5 Å². The van der Waals surface area contributed by atoms with Gasteiger partial charge in [-0.3, -0.25) is 5.32 Å². The fraction of sp³-hybridized carbons (Fsp3) is 0.667. The molecule has 1 aromatic rings. The van der Waals surface area contributed by atoms with Crippen molar-refractivity contribution in [3.8, 4) is 0 Å². The lowest BCUT2D eigenvalue weighted by atomic mass is 9.53. The van der Waals surface area contributed by atoms with Crippen molar-refractivity contribution >= 4 is 11.9 Å². The molecule has 1 heterocycles. The SMILES string of the molecule is O=C(Nc1ccco1)NC12CC3CC(CC(C3)C1)C2. The highest BCUT2D eigenvalue weighted by Crippen LogP contribution is 2.55. The minimum atomic E-state index is -0.114. The van der Waals surface area contributed by atoms with Gasteiger partial charge in [-0.1, -0.05) is 0 Å². The Kier molecular flexibility index (Phi) is 2.41. The molecule has 0 spiro atoms. The van der Waals surface area contributed by atoms with Crippen LogP contribution < -0.4 is 10.6 Å². The van der Waals surface area contributed by atoms with Gasteiger partial charge in [0.05, 0.1) is 6.26 Å². The molecule has 0 atom stereocenters. The van der Waals surface area contributed by atoms with Crippen LogP contribution in [0.2, 0.25) is 0 Å². The largest absolute Gasteiger partial charge is 0.449 e. The van der Waals surface area contributed by atoms with E-state index in [9.17, 15) is 4.79 Å². The first kappa shape index (κ1) is 11.4. The fourth-order valence-electron chi connectivity index (χ4n) is 5.00. The normalized spacial score (nSPS) is 39.3. The Balaban J connectivity index is 1.46.